The van der Waals surface area contributed by atoms with Gasteiger partial charge in [0.25, 0.3) is 0 Å². The number of aromatic nitrogens is 2. The number of nitrogens with zero attached hydrogens (tertiary/aromatic N) is 3. The molecule has 0 saturated heterocycles. The summed E-state index contributed by atoms with van der Waals surface area (Å²) in [7, 11) is 0. The maximum absolute atomic E-state index is 12.9. The standard InChI is InChI=1S/C17H16F3N3O3/c18-17(19,20)11-22(8-12-4-3-7-26-12)16(25)9-23-14-6-2-1-5-13(14)21-15(23)10-24/h1-7,24H,8-11H2. The van der Waals surface area contributed by atoms with Crippen LogP contribution in [0.5, 0.6) is 0 Å². The summed E-state index contributed by atoms with van der Waals surface area (Å²) in [6, 6.07) is 9.90. The van der Waals surface area contributed by atoms with E-state index in [2.05, 4.69) is 4.98 Å². The number of fused-ring (bicyclic) bond motifs is 1. The zero-order valence-electron chi connectivity index (χ0n) is 13.6. The van der Waals surface area contributed by atoms with Gasteiger partial charge in [0.15, 0.2) is 0 Å². The van der Waals surface area contributed by atoms with Gasteiger partial charge < -0.3 is 19.0 Å². The summed E-state index contributed by atoms with van der Waals surface area (Å²) in [4.78, 5) is 17.5. The fourth-order valence-corrected chi connectivity index (χ4v) is 2.70. The van der Waals surface area contributed by atoms with Crippen molar-refractivity contribution in [3.63, 3.8) is 0 Å². The Morgan fingerprint density at radius 1 is 1.23 bits per heavy atom. The van der Waals surface area contributed by atoms with Gasteiger partial charge in [-0.3, -0.25) is 4.79 Å². The minimum absolute atomic E-state index is 0.213. The Hall–Kier alpha value is -2.81. The monoisotopic (exact) mass is 367 g/mol. The number of para-hydroxylation sites is 2. The van der Waals surface area contributed by atoms with E-state index in [9.17, 15) is 23.1 Å². The summed E-state index contributed by atoms with van der Waals surface area (Å²) in [6.07, 6.45) is -3.21. The summed E-state index contributed by atoms with van der Waals surface area (Å²) in [6.45, 7) is -2.49. The van der Waals surface area contributed by atoms with Crippen molar-refractivity contribution in [1.29, 1.82) is 0 Å². The quantitative estimate of drug-likeness (QED) is 0.727. The third-order valence-electron chi connectivity index (χ3n) is 3.82. The molecular weight excluding hydrogens is 351 g/mol. The second-order valence-electron chi connectivity index (χ2n) is 5.71. The van der Waals surface area contributed by atoms with Gasteiger partial charge in [-0.25, -0.2) is 4.98 Å². The van der Waals surface area contributed by atoms with Crippen molar-refractivity contribution in [3.05, 3.63) is 54.2 Å². The minimum atomic E-state index is -4.54. The number of aliphatic hydroxyl groups excluding tert-OH is 1. The Labute approximate surface area is 146 Å². The molecule has 0 atom stereocenters. The molecule has 26 heavy (non-hydrogen) atoms. The molecule has 1 aromatic carbocycles. The lowest BCUT2D eigenvalue weighted by Crippen LogP contribution is -2.40. The van der Waals surface area contributed by atoms with E-state index in [1.165, 1.54) is 16.9 Å². The highest BCUT2D eigenvalue weighted by atomic mass is 19.4. The zero-order chi connectivity index (χ0) is 18.7. The lowest BCUT2D eigenvalue weighted by atomic mass is 10.3. The molecule has 1 N–H and O–H groups in total. The van der Waals surface area contributed by atoms with Crippen LogP contribution >= 0.6 is 0 Å². The smallest absolute Gasteiger partial charge is 0.406 e. The first-order chi connectivity index (χ1) is 12.4. The highest BCUT2D eigenvalue weighted by molar-refractivity contribution is 5.81. The largest absolute Gasteiger partial charge is 0.467 e. The Balaban J connectivity index is 1.87. The van der Waals surface area contributed by atoms with E-state index in [1.807, 2.05) is 0 Å². The first-order valence-electron chi connectivity index (χ1n) is 7.79. The molecule has 0 aliphatic rings. The van der Waals surface area contributed by atoms with Gasteiger partial charge in [0.1, 0.15) is 31.3 Å². The first-order valence-corrected chi connectivity index (χ1v) is 7.79. The fraction of sp³-hybridized carbons (Fsp3) is 0.294. The number of imidazole rings is 1. The molecule has 3 aromatic rings. The van der Waals surface area contributed by atoms with E-state index < -0.39 is 25.2 Å². The lowest BCUT2D eigenvalue weighted by Gasteiger charge is -2.23. The molecular formula is C17H16F3N3O3. The van der Waals surface area contributed by atoms with E-state index in [0.29, 0.717) is 15.9 Å². The van der Waals surface area contributed by atoms with E-state index in [1.54, 1.807) is 30.3 Å². The van der Waals surface area contributed by atoms with Crippen LogP contribution in [0.25, 0.3) is 11.0 Å². The third-order valence-corrected chi connectivity index (χ3v) is 3.82. The van der Waals surface area contributed by atoms with Crippen LogP contribution in [0.3, 0.4) is 0 Å². The topological polar surface area (TPSA) is 71.5 Å². The predicted octanol–water partition coefficient (Wildman–Crippen LogP) is 2.71. The molecule has 0 saturated carbocycles. The SMILES string of the molecule is O=C(Cn1c(CO)nc2ccccc21)N(Cc1ccco1)CC(F)(F)F. The van der Waals surface area contributed by atoms with Crippen LogP contribution in [-0.2, 0) is 24.5 Å². The zero-order valence-corrected chi connectivity index (χ0v) is 13.6. The highest BCUT2D eigenvalue weighted by Gasteiger charge is 2.33. The van der Waals surface area contributed by atoms with Crippen molar-refractivity contribution in [2.75, 3.05) is 6.54 Å². The number of hydrogen-bond acceptors (Lipinski definition) is 4. The van der Waals surface area contributed by atoms with Crippen molar-refractivity contribution < 1.29 is 27.5 Å². The van der Waals surface area contributed by atoms with Crippen LogP contribution in [0.1, 0.15) is 11.6 Å². The summed E-state index contributed by atoms with van der Waals surface area (Å²) >= 11 is 0. The molecule has 0 aliphatic heterocycles. The van der Waals surface area contributed by atoms with Crippen molar-refractivity contribution in [3.8, 4) is 0 Å². The molecule has 2 aromatic heterocycles. The van der Waals surface area contributed by atoms with E-state index in [-0.39, 0.29) is 24.7 Å². The molecule has 6 nitrogen and oxygen atoms in total. The number of furan rings is 1. The molecule has 138 valence electrons. The summed E-state index contributed by atoms with van der Waals surface area (Å²) in [5.74, 6) is -0.290. The number of alkyl halides is 3. The van der Waals surface area contributed by atoms with E-state index >= 15 is 0 Å². The van der Waals surface area contributed by atoms with Gasteiger partial charge in [0.05, 0.1) is 23.8 Å². The van der Waals surface area contributed by atoms with Crippen LogP contribution in [0.15, 0.2) is 47.1 Å². The van der Waals surface area contributed by atoms with Crippen molar-refractivity contribution in [2.45, 2.75) is 25.9 Å². The molecule has 0 bridgehead atoms. The Morgan fingerprint density at radius 2 is 2.00 bits per heavy atom. The number of amides is 1. The minimum Gasteiger partial charge on any atom is -0.467 e. The molecule has 0 fully saturated rings. The Morgan fingerprint density at radius 3 is 2.65 bits per heavy atom. The van der Waals surface area contributed by atoms with Crippen molar-refractivity contribution in [1.82, 2.24) is 14.5 Å². The number of hydrogen-bond donors (Lipinski definition) is 1. The average Bonchev–Trinajstić information content (AvgIpc) is 3.21. The molecule has 0 unspecified atom stereocenters. The van der Waals surface area contributed by atoms with E-state index in [0.717, 1.165) is 0 Å². The molecule has 2 heterocycles. The van der Waals surface area contributed by atoms with Gasteiger partial charge in [-0.05, 0) is 24.3 Å². The van der Waals surface area contributed by atoms with Gasteiger partial charge >= 0.3 is 6.18 Å². The summed E-state index contributed by atoms with van der Waals surface area (Å²) in [5.41, 5.74) is 1.12. The van der Waals surface area contributed by atoms with Gasteiger partial charge in [-0.1, -0.05) is 12.1 Å². The Kier molecular flexibility index (Phi) is 4.99. The molecule has 3 rings (SSSR count). The van der Waals surface area contributed by atoms with E-state index in [4.69, 9.17) is 4.42 Å². The van der Waals surface area contributed by atoms with Crippen LogP contribution in [-0.4, -0.2) is 38.2 Å². The normalized spacial score (nSPS) is 11.8. The summed E-state index contributed by atoms with van der Waals surface area (Å²) < 4.78 is 45.1. The maximum Gasteiger partial charge on any atom is 0.406 e. The average molecular weight is 367 g/mol. The molecule has 1 amide bonds. The maximum atomic E-state index is 12.9. The van der Waals surface area contributed by atoms with Crippen molar-refractivity contribution >= 4 is 16.9 Å². The van der Waals surface area contributed by atoms with Crippen LogP contribution in [0, 0.1) is 0 Å². The molecule has 9 heteroatoms. The van der Waals surface area contributed by atoms with Gasteiger partial charge in [-0.2, -0.15) is 13.2 Å². The van der Waals surface area contributed by atoms with Crippen LogP contribution in [0.4, 0.5) is 13.2 Å². The van der Waals surface area contributed by atoms with Gasteiger partial charge in [0, 0.05) is 0 Å². The number of aliphatic hydroxyl groups is 1. The predicted molar refractivity (Wildman–Crippen MR) is 85.8 cm³/mol. The number of carbonyl (C=O) groups is 1. The molecule has 0 aliphatic carbocycles. The van der Waals surface area contributed by atoms with Gasteiger partial charge in [-0.15, -0.1) is 0 Å². The fourth-order valence-electron chi connectivity index (χ4n) is 2.70. The number of benzene rings is 1. The summed E-state index contributed by atoms with van der Waals surface area (Å²) in [5, 5.41) is 9.46. The number of carbonyl (C=O) groups excluding carboxylic acids is 1. The third kappa shape index (κ3) is 4.05. The van der Waals surface area contributed by atoms with Crippen LogP contribution in [0.2, 0.25) is 0 Å². The lowest BCUT2D eigenvalue weighted by molar-refractivity contribution is -0.163. The molecule has 0 radical (unpaired) electrons. The second-order valence-corrected chi connectivity index (χ2v) is 5.71. The number of rotatable bonds is 6. The van der Waals surface area contributed by atoms with Crippen molar-refractivity contribution in [2.24, 2.45) is 0 Å². The highest BCUT2D eigenvalue weighted by Crippen LogP contribution is 2.21. The number of halogens is 3. The van der Waals surface area contributed by atoms with Gasteiger partial charge in [0.2, 0.25) is 5.91 Å². The first kappa shape index (κ1) is 18.0. The van der Waals surface area contributed by atoms with Crippen LogP contribution < -0.4 is 0 Å². The second kappa shape index (κ2) is 7.20. The Bertz CT molecular complexity index is 888. The molecule has 0 spiro atoms.